The number of carbonyl (C=O) groups is 3. The van der Waals surface area contributed by atoms with Crippen molar-refractivity contribution in [3.05, 3.63) is 48.3 Å². The van der Waals surface area contributed by atoms with Crippen molar-refractivity contribution >= 4 is 45.0 Å². The molecule has 2 atom stereocenters. The van der Waals surface area contributed by atoms with Crippen molar-refractivity contribution < 1.29 is 32.6 Å². The Bertz CT molecular complexity index is 1530. The van der Waals surface area contributed by atoms with Gasteiger partial charge in [0.05, 0.1) is 17.6 Å². The van der Waals surface area contributed by atoms with Gasteiger partial charge in [-0.05, 0) is 51.8 Å². The Labute approximate surface area is 226 Å². The number of likely N-dealkylation sites (tertiary alicyclic amines) is 1. The molecule has 2 amide bonds. The van der Waals surface area contributed by atoms with E-state index >= 15 is 0 Å². The number of amides is 2. The van der Waals surface area contributed by atoms with Crippen molar-refractivity contribution in [2.75, 3.05) is 24.5 Å². The minimum atomic E-state index is -3.96. The highest BCUT2D eigenvalue weighted by Crippen LogP contribution is 2.27. The second-order valence-electron chi connectivity index (χ2n) is 10.7. The number of ether oxygens (including phenoxy) is 1. The third-order valence-electron chi connectivity index (χ3n) is 6.42. The quantitative estimate of drug-likeness (QED) is 0.480. The van der Waals surface area contributed by atoms with Crippen LogP contribution in [0.4, 0.5) is 15.4 Å². The molecule has 2 unspecified atom stereocenters. The summed E-state index contributed by atoms with van der Waals surface area (Å²) in [4.78, 5) is 48.8. The van der Waals surface area contributed by atoms with E-state index in [0.717, 1.165) is 14.4 Å². The lowest BCUT2D eigenvalue weighted by Crippen LogP contribution is -2.43. The maximum absolute atomic E-state index is 13.3. The fraction of sp³-hybridized carbons (Fsp3) is 0.423. The SMILES string of the molecule is Cc1ccc(S(=O)(=O)n2ccc3nc(N(CC(=O)C4CN(C(=O)O)CC4C)C(=O)OC(C)(C)C)cnc32)cc1. The summed E-state index contributed by atoms with van der Waals surface area (Å²) < 4.78 is 33.0. The number of aromatic nitrogens is 3. The molecule has 0 saturated carbocycles. The Morgan fingerprint density at radius 3 is 2.38 bits per heavy atom. The molecule has 0 spiro atoms. The van der Waals surface area contributed by atoms with Crippen LogP contribution in [0.25, 0.3) is 11.2 Å². The average molecular weight is 558 g/mol. The monoisotopic (exact) mass is 557 g/mol. The van der Waals surface area contributed by atoms with Crippen molar-refractivity contribution in [1.29, 1.82) is 0 Å². The summed E-state index contributed by atoms with van der Waals surface area (Å²) in [7, 11) is -3.96. The third-order valence-corrected chi connectivity index (χ3v) is 8.10. The highest BCUT2D eigenvalue weighted by Gasteiger charge is 2.39. The molecule has 1 fully saturated rings. The second-order valence-corrected chi connectivity index (χ2v) is 12.5. The number of ketones is 1. The zero-order valence-electron chi connectivity index (χ0n) is 22.4. The maximum atomic E-state index is 13.3. The van der Waals surface area contributed by atoms with Gasteiger partial charge in [-0.3, -0.25) is 9.69 Å². The topological polar surface area (TPSA) is 152 Å². The van der Waals surface area contributed by atoms with Crippen LogP contribution in [0.1, 0.15) is 33.3 Å². The molecule has 1 aliphatic heterocycles. The molecular formula is C26H31N5O7S. The molecule has 0 aliphatic carbocycles. The molecule has 1 aromatic carbocycles. The lowest BCUT2D eigenvalue weighted by Gasteiger charge is -2.27. The Kier molecular flexibility index (Phi) is 7.39. The van der Waals surface area contributed by atoms with Crippen molar-refractivity contribution in [1.82, 2.24) is 18.8 Å². The minimum Gasteiger partial charge on any atom is -0.465 e. The molecule has 1 N–H and O–H groups in total. The molecular weight excluding hydrogens is 526 g/mol. The van der Waals surface area contributed by atoms with Gasteiger partial charge in [0.1, 0.15) is 11.1 Å². The van der Waals surface area contributed by atoms with Crippen molar-refractivity contribution in [3.8, 4) is 0 Å². The van der Waals surface area contributed by atoms with Gasteiger partial charge in [0, 0.05) is 25.2 Å². The van der Waals surface area contributed by atoms with Gasteiger partial charge in [0.2, 0.25) is 0 Å². The molecule has 1 saturated heterocycles. The van der Waals surface area contributed by atoms with E-state index in [0.29, 0.717) is 0 Å². The molecule has 0 bridgehead atoms. The van der Waals surface area contributed by atoms with Crippen LogP contribution in [0, 0.1) is 18.8 Å². The highest BCUT2D eigenvalue weighted by atomic mass is 32.2. The van der Waals surface area contributed by atoms with Crippen molar-refractivity contribution in [3.63, 3.8) is 0 Å². The smallest absolute Gasteiger partial charge is 0.416 e. The summed E-state index contributed by atoms with van der Waals surface area (Å²) in [6, 6.07) is 7.85. The number of benzene rings is 1. The standard InChI is InChI=1S/C26H31N5O7S/c1-16-6-8-18(9-7-16)39(36,37)31-11-10-20-23(31)27-12-22(28-20)30(25(35)38-26(3,4)5)15-21(32)19-14-29(24(33)34)13-17(19)2/h6-12,17,19H,13-15H2,1-5H3,(H,33,34). The maximum Gasteiger partial charge on any atom is 0.416 e. The van der Waals surface area contributed by atoms with E-state index in [2.05, 4.69) is 9.97 Å². The predicted octanol–water partition coefficient (Wildman–Crippen LogP) is 3.53. The van der Waals surface area contributed by atoms with Gasteiger partial charge in [-0.25, -0.2) is 31.9 Å². The van der Waals surface area contributed by atoms with Crippen LogP contribution in [0.3, 0.4) is 0 Å². The number of hydrogen-bond acceptors (Lipinski definition) is 8. The average Bonchev–Trinajstić information content (AvgIpc) is 3.45. The molecule has 0 radical (unpaired) electrons. The number of aryl methyl sites for hydroxylation is 1. The second kappa shape index (κ2) is 10.3. The van der Waals surface area contributed by atoms with E-state index in [1.54, 1.807) is 39.8 Å². The van der Waals surface area contributed by atoms with Gasteiger partial charge >= 0.3 is 12.2 Å². The van der Waals surface area contributed by atoms with Gasteiger partial charge in [-0.15, -0.1) is 0 Å². The van der Waals surface area contributed by atoms with E-state index in [1.165, 1.54) is 35.5 Å². The largest absolute Gasteiger partial charge is 0.465 e. The fourth-order valence-electron chi connectivity index (χ4n) is 4.40. The molecule has 1 aliphatic rings. The van der Waals surface area contributed by atoms with E-state index in [-0.39, 0.29) is 46.7 Å². The molecule has 208 valence electrons. The molecule has 12 nitrogen and oxygen atoms in total. The molecule has 39 heavy (non-hydrogen) atoms. The van der Waals surface area contributed by atoms with E-state index in [1.807, 2.05) is 6.92 Å². The van der Waals surface area contributed by atoms with Gasteiger partial charge in [0.25, 0.3) is 10.0 Å². The van der Waals surface area contributed by atoms with Crippen LogP contribution in [0.5, 0.6) is 0 Å². The zero-order chi connectivity index (χ0) is 28.7. The molecule has 13 heteroatoms. The Balaban J connectivity index is 1.67. The zero-order valence-corrected chi connectivity index (χ0v) is 23.2. The third kappa shape index (κ3) is 5.87. The number of fused-ring (bicyclic) bond motifs is 1. The normalized spacial score (nSPS) is 17.8. The van der Waals surface area contributed by atoms with Crippen LogP contribution in [0.15, 0.2) is 47.6 Å². The fourth-order valence-corrected chi connectivity index (χ4v) is 5.69. The number of Topliss-reactive ketones (excluding diaryl/α,β-unsaturated/α-hetero) is 1. The van der Waals surface area contributed by atoms with E-state index in [4.69, 9.17) is 4.74 Å². The first-order valence-electron chi connectivity index (χ1n) is 12.3. The Hall–Kier alpha value is -4.00. The lowest BCUT2D eigenvalue weighted by atomic mass is 9.93. The summed E-state index contributed by atoms with van der Waals surface area (Å²) in [5, 5.41) is 9.32. The molecule has 3 heterocycles. The van der Waals surface area contributed by atoms with Crippen LogP contribution in [-0.2, 0) is 19.6 Å². The number of nitrogens with zero attached hydrogens (tertiary/aromatic N) is 5. The lowest BCUT2D eigenvalue weighted by molar-refractivity contribution is -0.122. The number of anilines is 1. The van der Waals surface area contributed by atoms with Gasteiger partial charge in [-0.1, -0.05) is 24.6 Å². The van der Waals surface area contributed by atoms with E-state index in [9.17, 15) is 27.9 Å². The summed E-state index contributed by atoms with van der Waals surface area (Å²) in [6.07, 6.45) is 0.592. The number of rotatable bonds is 6. The highest BCUT2D eigenvalue weighted by molar-refractivity contribution is 7.90. The summed E-state index contributed by atoms with van der Waals surface area (Å²) >= 11 is 0. The first kappa shape index (κ1) is 28.0. The predicted molar refractivity (Wildman–Crippen MR) is 142 cm³/mol. The molecule has 2 aromatic heterocycles. The summed E-state index contributed by atoms with van der Waals surface area (Å²) in [5.74, 6) is -1.19. The van der Waals surface area contributed by atoms with Crippen LogP contribution >= 0.6 is 0 Å². The van der Waals surface area contributed by atoms with Crippen LogP contribution < -0.4 is 4.90 Å². The minimum absolute atomic E-state index is 0.00340. The van der Waals surface area contributed by atoms with Gasteiger partial charge < -0.3 is 14.7 Å². The summed E-state index contributed by atoms with van der Waals surface area (Å²) in [5.41, 5.74) is 0.282. The first-order valence-corrected chi connectivity index (χ1v) is 13.8. The van der Waals surface area contributed by atoms with Crippen LogP contribution in [0.2, 0.25) is 0 Å². The van der Waals surface area contributed by atoms with Crippen LogP contribution in [-0.4, -0.2) is 75.6 Å². The number of hydrogen-bond donors (Lipinski definition) is 1. The number of carboxylic acid groups (broad SMARTS) is 1. The van der Waals surface area contributed by atoms with Crippen molar-refractivity contribution in [2.24, 2.45) is 11.8 Å². The molecule has 4 rings (SSSR count). The Morgan fingerprint density at radius 2 is 1.79 bits per heavy atom. The van der Waals surface area contributed by atoms with Gasteiger partial charge in [-0.2, -0.15) is 0 Å². The first-order chi connectivity index (χ1) is 18.2. The van der Waals surface area contributed by atoms with E-state index < -0.39 is 40.3 Å². The van der Waals surface area contributed by atoms with Crippen molar-refractivity contribution in [2.45, 2.75) is 45.1 Å². The Morgan fingerprint density at radius 1 is 1.13 bits per heavy atom. The summed E-state index contributed by atoms with van der Waals surface area (Å²) in [6.45, 7) is 8.51. The number of carbonyl (C=O) groups excluding carboxylic acids is 2. The molecule has 3 aromatic rings. The van der Waals surface area contributed by atoms with Gasteiger partial charge in [0.15, 0.2) is 17.2 Å².